The van der Waals surface area contributed by atoms with Crippen LogP contribution in [0.5, 0.6) is 0 Å². The Morgan fingerprint density at radius 1 is 0.960 bits per heavy atom. The van der Waals surface area contributed by atoms with Crippen molar-refractivity contribution in [1.29, 1.82) is 0 Å². The molecule has 1 aromatic carbocycles. The Morgan fingerprint density at radius 2 is 1.48 bits per heavy atom. The van der Waals surface area contributed by atoms with E-state index in [1.165, 1.54) is 0 Å². The van der Waals surface area contributed by atoms with Crippen LogP contribution in [0.1, 0.15) is 35.6 Å². The highest BCUT2D eigenvalue weighted by atomic mass is 19.4. The van der Waals surface area contributed by atoms with Gasteiger partial charge in [0, 0.05) is 38.8 Å². The van der Waals surface area contributed by atoms with Gasteiger partial charge in [-0.3, -0.25) is 4.90 Å². The average Bonchev–Trinajstić information content (AvgIpc) is 2.54. The van der Waals surface area contributed by atoms with Crippen molar-refractivity contribution >= 4 is 0 Å². The molecule has 0 bridgehead atoms. The molecule has 0 amide bonds. The number of alkyl halides is 6. The molecule has 0 aromatic heterocycles. The Hall–Kier alpha value is -1.32. The summed E-state index contributed by atoms with van der Waals surface area (Å²) in [5.41, 5.74) is -2.62. The van der Waals surface area contributed by atoms with Crippen LogP contribution in [0.4, 0.5) is 26.3 Å². The first-order chi connectivity index (χ1) is 11.6. The molecule has 0 saturated carbocycles. The lowest BCUT2D eigenvalue weighted by Crippen LogP contribution is -2.45. The van der Waals surface area contributed by atoms with Crippen molar-refractivity contribution in [3.8, 4) is 0 Å². The van der Waals surface area contributed by atoms with Crippen LogP contribution >= 0.6 is 0 Å². The van der Waals surface area contributed by atoms with Crippen molar-refractivity contribution in [2.75, 3.05) is 32.8 Å². The van der Waals surface area contributed by atoms with E-state index < -0.39 is 29.5 Å². The van der Waals surface area contributed by atoms with Gasteiger partial charge in [-0.2, -0.15) is 26.3 Å². The van der Waals surface area contributed by atoms with Crippen molar-refractivity contribution in [2.24, 2.45) is 0 Å². The van der Waals surface area contributed by atoms with Crippen molar-refractivity contribution in [3.05, 3.63) is 34.9 Å². The third kappa shape index (κ3) is 5.32. The Balaban J connectivity index is 2.46. The smallest absolute Gasteiger partial charge is 0.396 e. The third-order valence-corrected chi connectivity index (χ3v) is 4.22. The molecule has 0 spiro atoms. The molecule has 2 rings (SSSR count). The summed E-state index contributed by atoms with van der Waals surface area (Å²) in [5, 5.41) is 12.1. The number of aliphatic hydroxyl groups is 1. The predicted molar refractivity (Wildman–Crippen MR) is 79.9 cm³/mol. The van der Waals surface area contributed by atoms with E-state index in [1.54, 1.807) is 0 Å². The number of aliphatic hydroxyl groups excluding tert-OH is 1. The molecule has 9 heteroatoms. The minimum absolute atomic E-state index is 0.0162. The van der Waals surface area contributed by atoms with Crippen LogP contribution in [-0.2, 0) is 12.4 Å². The first-order valence-corrected chi connectivity index (χ1v) is 7.98. The second kappa shape index (κ2) is 7.92. The van der Waals surface area contributed by atoms with Gasteiger partial charge >= 0.3 is 12.4 Å². The summed E-state index contributed by atoms with van der Waals surface area (Å²) in [6.45, 7) is 2.09. The number of hydrogen-bond donors (Lipinski definition) is 2. The summed E-state index contributed by atoms with van der Waals surface area (Å²) in [7, 11) is 0. The van der Waals surface area contributed by atoms with Crippen LogP contribution < -0.4 is 5.32 Å². The van der Waals surface area contributed by atoms with Gasteiger partial charge in [-0.05, 0) is 36.6 Å². The van der Waals surface area contributed by atoms with Crippen LogP contribution in [0.2, 0.25) is 0 Å². The van der Waals surface area contributed by atoms with Crippen LogP contribution in [0.25, 0.3) is 0 Å². The Morgan fingerprint density at radius 3 is 1.92 bits per heavy atom. The average molecular weight is 370 g/mol. The number of halogens is 6. The molecular formula is C16H20F6N2O. The fourth-order valence-electron chi connectivity index (χ4n) is 3.01. The normalized spacial score (nSPS) is 18.4. The molecule has 1 fully saturated rings. The monoisotopic (exact) mass is 370 g/mol. The molecule has 25 heavy (non-hydrogen) atoms. The molecule has 1 aromatic rings. The Bertz CT molecular complexity index is 534. The third-order valence-electron chi connectivity index (χ3n) is 4.22. The molecular weight excluding hydrogens is 350 g/mol. The summed E-state index contributed by atoms with van der Waals surface area (Å²) in [6.07, 6.45) is -9.14. The van der Waals surface area contributed by atoms with E-state index in [-0.39, 0.29) is 24.7 Å². The lowest BCUT2D eigenvalue weighted by molar-refractivity contribution is -0.143. The second-order valence-corrected chi connectivity index (χ2v) is 6.01. The predicted octanol–water partition coefficient (Wildman–Crippen LogP) is 3.44. The fourth-order valence-corrected chi connectivity index (χ4v) is 3.01. The summed E-state index contributed by atoms with van der Waals surface area (Å²) in [4.78, 5) is 1.86. The standard InChI is InChI=1S/C16H20F6N2O/c17-15(18,19)12-8-11(9-13(10-12)16(20,21)22)14(2-1-7-25)24-5-3-23-4-6-24/h8-10,14,23,25H,1-7H2/t14-/m0/s1. The summed E-state index contributed by atoms with van der Waals surface area (Å²) in [5.74, 6) is 0. The SMILES string of the molecule is OCCC[C@@H](c1cc(C(F)(F)F)cc(C(F)(F)F)c1)N1CCNCC1. The number of benzene rings is 1. The van der Waals surface area contributed by atoms with E-state index in [1.807, 2.05) is 4.90 Å². The molecule has 3 nitrogen and oxygen atoms in total. The molecule has 0 unspecified atom stereocenters. The molecule has 0 aliphatic carbocycles. The largest absolute Gasteiger partial charge is 0.416 e. The molecule has 1 aliphatic rings. The zero-order valence-corrected chi connectivity index (χ0v) is 13.4. The van der Waals surface area contributed by atoms with Gasteiger partial charge in [0.15, 0.2) is 0 Å². The lowest BCUT2D eigenvalue weighted by atomic mass is 9.95. The van der Waals surface area contributed by atoms with E-state index in [4.69, 9.17) is 5.11 Å². The maximum atomic E-state index is 13.1. The zero-order chi connectivity index (χ0) is 18.7. The van der Waals surface area contributed by atoms with Gasteiger partial charge in [-0.25, -0.2) is 0 Å². The summed E-state index contributed by atoms with van der Waals surface area (Å²) >= 11 is 0. The topological polar surface area (TPSA) is 35.5 Å². The molecule has 1 heterocycles. The highest BCUT2D eigenvalue weighted by molar-refractivity contribution is 5.35. The van der Waals surface area contributed by atoms with E-state index in [9.17, 15) is 26.3 Å². The lowest BCUT2D eigenvalue weighted by Gasteiger charge is -2.35. The number of nitrogens with one attached hydrogen (secondary N) is 1. The van der Waals surface area contributed by atoms with Gasteiger partial charge in [0.05, 0.1) is 11.1 Å². The molecule has 1 saturated heterocycles. The van der Waals surface area contributed by atoms with Crippen LogP contribution in [-0.4, -0.2) is 42.8 Å². The minimum Gasteiger partial charge on any atom is -0.396 e. The zero-order valence-electron chi connectivity index (χ0n) is 13.4. The molecule has 0 radical (unpaired) electrons. The van der Waals surface area contributed by atoms with Crippen LogP contribution in [0.3, 0.4) is 0 Å². The van der Waals surface area contributed by atoms with Crippen molar-refractivity contribution in [3.63, 3.8) is 0 Å². The number of hydrogen-bond acceptors (Lipinski definition) is 3. The second-order valence-electron chi connectivity index (χ2n) is 6.01. The van der Waals surface area contributed by atoms with Crippen molar-refractivity contribution in [1.82, 2.24) is 10.2 Å². The van der Waals surface area contributed by atoms with E-state index in [0.29, 0.717) is 32.6 Å². The highest BCUT2D eigenvalue weighted by Gasteiger charge is 2.38. The quantitative estimate of drug-likeness (QED) is 0.780. The van der Waals surface area contributed by atoms with E-state index in [2.05, 4.69) is 5.32 Å². The van der Waals surface area contributed by atoms with Crippen LogP contribution in [0, 0.1) is 0 Å². The van der Waals surface area contributed by atoms with E-state index >= 15 is 0 Å². The first kappa shape index (κ1) is 20.0. The van der Waals surface area contributed by atoms with Crippen molar-refractivity contribution in [2.45, 2.75) is 31.2 Å². The molecule has 1 aliphatic heterocycles. The van der Waals surface area contributed by atoms with Gasteiger partial charge in [-0.15, -0.1) is 0 Å². The fraction of sp³-hybridized carbons (Fsp3) is 0.625. The van der Waals surface area contributed by atoms with Gasteiger partial charge in [-0.1, -0.05) is 0 Å². The van der Waals surface area contributed by atoms with Gasteiger partial charge in [0.2, 0.25) is 0 Å². The minimum atomic E-state index is -4.86. The number of piperazine rings is 1. The van der Waals surface area contributed by atoms with Gasteiger partial charge in [0.25, 0.3) is 0 Å². The maximum absolute atomic E-state index is 13.1. The molecule has 2 N–H and O–H groups in total. The first-order valence-electron chi connectivity index (χ1n) is 7.98. The molecule has 142 valence electrons. The number of nitrogens with zero attached hydrogens (tertiary/aromatic N) is 1. The highest BCUT2D eigenvalue weighted by Crippen LogP contribution is 2.39. The number of rotatable bonds is 5. The van der Waals surface area contributed by atoms with Gasteiger partial charge < -0.3 is 10.4 Å². The Kier molecular flexibility index (Phi) is 6.34. The Labute approximate surface area is 141 Å². The summed E-state index contributed by atoms with van der Waals surface area (Å²) < 4.78 is 78.4. The van der Waals surface area contributed by atoms with Crippen molar-refractivity contribution < 1.29 is 31.4 Å². The van der Waals surface area contributed by atoms with Crippen LogP contribution in [0.15, 0.2) is 18.2 Å². The summed E-state index contributed by atoms with van der Waals surface area (Å²) in [6, 6.07) is 1.13. The van der Waals surface area contributed by atoms with Gasteiger partial charge in [0.1, 0.15) is 0 Å². The van der Waals surface area contributed by atoms with E-state index in [0.717, 1.165) is 12.1 Å². The molecule has 1 atom stereocenters. The maximum Gasteiger partial charge on any atom is 0.416 e.